The van der Waals surface area contributed by atoms with Crippen molar-refractivity contribution in [2.75, 3.05) is 20.1 Å². The lowest BCUT2D eigenvalue weighted by Gasteiger charge is -2.22. The first-order valence-corrected chi connectivity index (χ1v) is 5.58. The third-order valence-electron chi connectivity index (χ3n) is 2.77. The van der Waals surface area contributed by atoms with Crippen molar-refractivity contribution in [3.8, 4) is 0 Å². The van der Waals surface area contributed by atoms with E-state index in [2.05, 4.69) is 38.0 Å². The Labute approximate surface area is 92.5 Å². The van der Waals surface area contributed by atoms with Crippen LogP contribution in [0.2, 0.25) is 0 Å². The van der Waals surface area contributed by atoms with E-state index >= 15 is 0 Å². The number of rotatable bonds is 6. The van der Waals surface area contributed by atoms with Gasteiger partial charge in [-0.05, 0) is 40.0 Å². The molecule has 0 aliphatic heterocycles. The zero-order chi connectivity index (χ0) is 11.3. The lowest BCUT2D eigenvalue weighted by atomic mass is 10.2. The lowest BCUT2D eigenvalue weighted by Crippen LogP contribution is -2.34. The molecule has 0 radical (unpaired) electrons. The molecule has 0 aromatic carbocycles. The van der Waals surface area contributed by atoms with Crippen LogP contribution in [-0.4, -0.2) is 31.1 Å². The Bertz CT molecular complexity index is 257. The number of nitrogens with one attached hydrogen (secondary N) is 1. The van der Waals surface area contributed by atoms with Gasteiger partial charge < -0.3 is 14.6 Å². The molecule has 0 aliphatic carbocycles. The van der Waals surface area contributed by atoms with Crippen molar-refractivity contribution in [2.24, 2.45) is 0 Å². The molecule has 3 nitrogen and oxygen atoms in total. The summed E-state index contributed by atoms with van der Waals surface area (Å²) >= 11 is 0. The van der Waals surface area contributed by atoms with Crippen molar-refractivity contribution >= 4 is 0 Å². The van der Waals surface area contributed by atoms with Gasteiger partial charge in [0.25, 0.3) is 0 Å². The summed E-state index contributed by atoms with van der Waals surface area (Å²) in [6, 6.07) is 4.82. The Morgan fingerprint density at radius 2 is 2.13 bits per heavy atom. The molecule has 0 bridgehead atoms. The van der Waals surface area contributed by atoms with E-state index in [1.165, 1.54) is 0 Å². The number of hydrogen-bond donors (Lipinski definition) is 1. The highest BCUT2D eigenvalue weighted by Gasteiger charge is 2.08. The van der Waals surface area contributed by atoms with Crippen LogP contribution in [-0.2, 0) is 0 Å². The third-order valence-corrected chi connectivity index (χ3v) is 2.77. The third kappa shape index (κ3) is 4.06. The average molecular weight is 210 g/mol. The summed E-state index contributed by atoms with van der Waals surface area (Å²) in [5.41, 5.74) is 0. The zero-order valence-electron chi connectivity index (χ0n) is 10.2. The Balaban J connectivity index is 2.21. The first kappa shape index (κ1) is 12.3. The van der Waals surface area contributed by atoms with E-state index in [0.29, 0.717) is 12.1 Å². The van der Waals surface area contributed by atoms with E-state index in [0.717, 1.165) is 18.8 Å². The fraction of sp³-hybridized carbons (Fsp3) is 0.667. The minimum Gasteiger partial charge on any atom is -0.468 e. The van der Waals surface area contributed by atoms with Crippen LogP contribution in [0.5, 0.6) is 0 Å². The Morgan fingerprint density at radius 1 is 1.40 bits per heavy atom. The van der Waals surface area contributed by atoms with Crippen LogP contribution in [0.1, 0.15) is 32.6 Å². The summed E-state index contributed by atoms with van der Waals surface area (Å²) < 4.78 is 5.32. The minimum absolute atomic E-state index is 0.292. The summed E-state index contributed by atoms with van der Waals surface area (Å²) in [5.74, 6) is 1.00. The fourth-order valence-corrected chi connectivity index (χ4v) is 1.35. The van der Waals surface area contributed by atoms with Crippen LogP contribution in [0.4, 0.5) is 0 Å². The van der Waals surface area contributed by atoms with Gasteiger partial charge in [0.05, 0.1) is 12.3 Å². The largest absolute Gasteiger partial charge is 0.468 e. The molecule has 0 saturated carbocycles. The molecule has 86 valence electrons. The molecule has 15 heavy (non-hydrogen) atoms. The van der Waals surface area contributed by atoms with Gasteiger partial charge in [0, 0.05) is 19.1 Å². The zero-order valence-corrected chi connectivity index (χ0v) is 10.2. The first-order valence-electron chi connectivity index (χ1n) is 5.58. The van der Waals surface area contributed by atoms with E-state index in [1.807, 2.05) is 12.1 Å². The Morgan fingerprint density at radius 3 is 2.67 bits per heavy atom. The summed E-state index contributed by atoms with van der Waals surface area (Å²) in [6.45, 7) is 8.57. The number of likely N-dealkylation sites (N-methyl/N-ethyl adjacent to an activating group) is 1. The molecule has 0 fully saturated rings. The first-order chi connectivity index (χ1) is 7.11. The Hall–Kier alpha value is -0.800. The van der Waals surface area contributed by atoms with E-state index in [1.54, 1.807) is 6.26 Å². The highest BCUT2D eigenvalue weighted by atomic mass is 16.3. The minimum atomic E-state index is 0.292. The number of furan rings is 1. The maximum absolute atomic E-state index is 5.32. The second kappa shape index (κ2) is 5.93. The van der Waals surface area contributed by atoms with Crippen LogP contribution in [0.3, 0.4) is 0 Å². The van der Waals surface area contributed by atoms with Crippen LogP contribution >= 0.6 is 0 Å². The number of nitrogens with zero attached hydrogens (tertiary/aromatic N) is 1. The van der Waals surface area contributed by atoms with E-state index in [9.17, 15) is 0 Å². The van der Waals surface area contributed by atoms with Crippen molar-refractivity contribution in [3.05, 3.63) is 24.2 Å². The maximum Gasteiger partial charge on any atom is 0.120 e. The topological polar surface area (TPSA) is 28.4 Å². The van der Waals surface area contributed by atoms with Crippen molar-refractivity contribution in [2.45, 2.75) is 32.9 Å². The molecule has 0 saturated heterocycles. The van der Waals surface area contributed by atoms with Crippen molar-refractivity contribution < 1.29 is 4.42 Å². The summed E-state index contributed by atoms with van der Waals surface area (Å²) in [6.07, 6.45) is 1.72. The van der Waals surface area contributed by atoms with Gasteiger partial charge in [-0.25, -0.2) is 0 Å². The van der Waals surface area contributed by atoms with E-state index in [4.69, 9.17) is 4.42 Å². The second-order valence-corrected chi connectivity index (χ2v) is 4.27. The SMILES string of the molecule is CC(NCCN(C)C(C)C)c1ccco1. The van der Waals surface area contributed by atoms with Crippen molar-refractivity contribution in [1.29, 1.82) is 0 Å². The quantitative estimate of drug-likeness (QED) is 0.780. The molecule has 1 heterocycles. The monoisotopic (exact) mass is 210 g/mol. The molecule has 0 spiro atoms. The van der Waals surface area contributed by atoms with Gasteiger partial charge in [-0.1, -0.05) is 0 Å². The van der Waals surface area contributed by atoms with Gasteiger partial charge in [0.15, 0.2) is 0 Å². The fourth-order valence-electron chi connectivity index (χ4n) is 1.35. The molecule has 1 unspecified atom stereocenters. The highest BCUT2D eigenvalue weighted by Crippen LogP contribution is 2.11. The van der Waals surface area contributed by atoms with Crippen LogP contribution in [0.25, 0.3) is 0 Å². The van der Waals surface area contributed by atoms with Crippen molar-refractivity contribution in [1.82, 2.24) is 10.2 Å². The van der Waals surface area contributed by atoms with Gasteiger partial charge in [-0.2, -0.15) is 0 Å². The van der Waals surface area contributed by atoms with Crippen molar-refractivity contribution in [3.63, 3.8) is 0 Å². The Kier molecular flexibility index (Phi) is 4.85. The van der Waals surface area contributed by atoms with Gasteiger partial charge in [-0.15, -0.1) is 0 Å². The summed E-state index contributed by atoms with van der Waals surface area (Å²) in [7, 11) is 2.14. The molecule has 0 amide bonds. The smallest absolute Gasteiger partial charge is 0.120 e. The highest BCUT2D eigenvalue weighted by molar-refractivity contribution is 5.02. The molecule has 1 aromatic heterocycles. The van der Waals surface area contributed by atoms with Gasteiger partial charge >= 0.3 is 0 Å². The molecular formula is C12H22N2O. The molecule has 1 N–H and O–H groups in total. The van der Waals surface area contributed by atoms with Crippen LogP contribution in [0, 0.1) is 0 Å². The lowest BCUT2D eigenvalue weighted by molar-refractivity contribution is 0.267. The predicted molar refractivity (Wildman–Crippen MR) is 62.9 cm³/mol. The van der Waals surface area contributed by atoms with Gasteiger partial charge in [-0.3, -0.25) is 0 Å². The van der Waals surface area contributed by atoms with E-state index in [-0.39, 0.29) is 0 Å². The summed E-state index contributed by atoms with van der Waals surface area (Å²) in [4.78, 5) is 2.32. The predicted octanol–water partition coefficient (Wildman–Crippen LogP) is 2.27. The van der Waals surface area contributed by atoms with Gasteiger partial charge in [0.1, 0.15) is 5.76 Å². The van der Waals surface area contributed by atoms with E-state index < -0.39 is 0 Å². The van der Waals surface area contributed by atoms with Crippen LogP contribution in [0.15, 0.2) is 22.8 Å². The molecule has 0 aliphatic rings. The maximum atomic E-state index is 5.32. The average Bonchev–Trinajstić information content (AvgIpc) is 2.70. The standard InChI is InChI=1S/C12H22N2O/c1-10(2)14(4)8-7-13-11(3)12-6-5-9-15-12/h5-6,9-11,13H,7-8H2,1-4H3. The summed E-state index contributed by atoms with van der Waals surface area (Å²) in [5, 5.41) is 3.44. The van der Waals surface area contributed by atoms with Gasteiger partial charge in [0.2, 0.25) is 0 Å². The normalized spacial score (nSPS) is 13.7. The number of hydrogen-bond acceptors (Lipinski definition) is 3. The molecular weight excluding hydrogens is 188 g/mol. The molecule has 1 rings (SSSR count). The molecule has 1 atom stereocenters. The molecule has 3 heteroatoms. The van der Waals surface area contributed by atoms with Crippen LogP contribution < -0.4 is 5.32 Å². The molecule has 1 aromatic rings. The second-order valence-electron chi connectivity index (χ2n) is 4.27.